The van der Waals surface area contributed by atoms with Crippen LogP contribution in [0.15, 0.2) is 60.7 Å². The van der Waals surface area contributed by atoms with Gasteiger partial charge in [0.25, 0.3) is 0 Å². The summed E-state index contributed by atoms with van der Waals surface area (Å²) in [4.78, 5) is 0. The number of benzene rings is 2. The number of hydrogen-bond acceptors (Lipinski definition) is 5. The number of fused-ring (bicyclic) bond motifs is 1. The van der Waals surface area contributed by atoms with E-state index in [-0.39, 0.29) is 6.54 Å². The highest BCUT2D eigenvalue weighted by Crippen LogP contribution is 2.30. The molecular weight excluding hydrogens is 385 g/mol. The van der Waals surface area contributed by atoms with Crippen molar-refractivity contribution in [3.63, 3.8) is 0 Å². The highest BCUT2D eigenvalue weighted by atomic mass is 35.5. The third kappa shape index (κ3) is 3.60. The van der Waals surface area contributed by atoms with E-state index in [1.807, 2.05) is 36.4 Å². The maximum Gasteiger partial charge on any atom is 0.185 e. The predicted molar refractivity (Wildman–Crippen MR) is 106 cm³/mol. The first kappa shape index (κ1) is 17.7. The molecule has 4 rings (SSSR count). The summed E-state index contributed by atoms with van der Waals surface area (Å²) >= 11 is 12.3. The molecule has 2 heterocycles. The first-order valence-electron chi connectivity index (χ1n) is 8.27. The van der Waals surface area contributed by atoms with Crippen LogP contribution in [0.25, 0.3) is 17.0 Å². The number of aromatic nitrogens is 4. The summed E-state index contributed by atoms with van der Waals surface area (Å²) in [6.45, 7) is 0.199. The van der Waals surface area contributed by atoms with Crippen molar-refractivity contribution in [2.24, 2.45) is 0 Å². The highest BCUT2D eigenvalue weighted by Gasteiger charge is 2.16. The Bertz CT molecular complexity index is 1060. The van der Waals surface area contributed by atoms with Crippen LogP contribution in [0.1, 0.15) is 11.7 Å². The van der Waals surface area contributed by atoms with Gasteiger partial charge < -0.3 is 10.4 Å². The quantitative estimate of drug-likeness (QED) is 0.524. The SMILES string of the molecule is OC(CNc1ccc2nnc(-c3ccccc3)n2n1)c1c(Cl)cccc1Cl. The van der Waals surface area contributed by atoms with Gasteiger partial charge in [-0.2, -0.15) is 4.52 Å². The minimum atomic E-state index is -0.877. The summed E-state index contributed by atoms with van der Waals surface area (Å²) < 4.78 is 1.66. The number of nitrogens with one attached hydrogen (secondary N) is 1. The molecule has 1 unspecified atom stereocenters. The molecule has 6 nitrogen and oxygen atoms in total. The average molecular weight is 400 g/mol. The largest absolute Gasteiger partial charge is 0.386 e. The van der Waals surface area contributed by atoms with E-state index in [1.165, 1.54) is 0 Å². The summed E-state index contributed by atoms with van der Waals surface area (Å²) in [6, 6.07) is 18.4. The maximum absolute atomic E-state index is 10.5. The zero-order valence-electron chi connectivity index (χ0n) is 14.0. The molecule has 27 heavy (non-hydrogen) atoms. The number of halogens is 2. The average Bonchev–Trinajstić information content (AvgIpc) is 3.10. The molecule has 2 N–H and O–H groups in total. The summed E-state index contributed by atoms with van der Waals surface area (Å²) in [5, 5.41) is 27.3. The van der Waals surface area contributed by atoms with Crippen molar-refractivity contribution in [3.05, 3.63) is 76.3 Å². The number of hydrogen-bond donors (Lipinski definition) is 2. The smallest absolute Gasteiger partial charge is 0.185 e. The Labute approximate surface area is 165 Å². The van der Waals surface area contributed by atoms with E-state index in [9.17, 15) is 5.11 Å². The van der Waals surface area contributed by atoms with E-state index in [0.717, 1.165) is 5.56 Å². The standard InChI is InChI=1S/C19H15Cl2N5O/c20-13-7-4-8-14(21)18(13)15(27)11-22-16-9-10-17-23-24-19(26(17)25-16)12-5-2-1-3-6-12/h1-10,15,27H,11H2,(H,22,25). The Morgan fingerprint density at radius 1 is 0.926 bits per heavy atom. The summed E-state index contributed by atoms with van der Waals surface area (Å²) in [6.07, 6.45) is -0.877. The molecule has 0 spiro atoms. The van der Waals surface area contributed by atoms with Crippen LogP contribution in [0, 0.1) is 0 Å². The highest BCUT2D eigenvalue weighted by molar-refractivity contribution is 6.36. The Balaban J connectivity index is 1.58. The molecule has 0 saturated carbocycles. The minimum absolute atomic E-state index is 0.199. The van der Waals surface area contributed by atoms with Crippen LogP contribution in [-0.2, 0) is 0 Å². The normalized spacial score (nSPS) is 12.3. The van der Waals surface area contributed by atoms with Gasteiger partial charge in [0.2, 0.25) is 0 Å². The second-order valence-corrected chi connectivity index (χ2v) is 6.72. The molecule has 0 radical (unpaired) electrons. The molecule has 0 fully saturated rings. The Morgan fingerprint density at radius 3 is 2.41 bits per heavy atom. The zero-order chi connectivity index (χ0) is 18.8. The monoisotopic (exact) mass is 399 g/mol. The number of nitrogens with zero attached hydrogens (tertiary/aromatic N) is 4. The predicted octanol–water partition coefficient (Wildman–Crippen LogP) is 4.24. The molecule has 0 aliphatic carbocycles. The van der Waals surface area contributed by atoms with Crippen molar-refractivity contribution in [1.29, 1.82) is 0 Å². The van der Waals surface area contributed by atoms with Crippen molar-refractivity contribution in [1.82, 2.24) is 19.8 Å². The molecule has 0 aliphatic heterocycles. The van der Waals surface area contributed by atoms with Crippen LogP contribution in [0.5, 0.6) is 0 Å². The lowest BCUT2D eigenvalue weighted by atomic mass is 10.1. The lowest BCUT2D eigenvalue weighted by Gasteiger charge is -2.15. The second kappa shape index (κ2) is 7.52. The lowest BCUT2D eigenvalue weighted by Crippen LogP contribution is -2.14. The van der Waals surface area contributed by atoms with E-state index in [4.69, 9.17) is 23.2 Å². The summed E-state index contributed by atoms with van der Waals surface area (Å²) in [5.74, 6) is 1.21. The van der Waals surface area contributed by atoms with E-state index in [0.29, 0.717) is 32.9 Å². The van der Waals surface area contributed by atoms with Crippen molar-refractivity contribution < 1.29 is 5.11 Å². The molecule has 1 atom stereocenters. The minimum Gasteiger partial charge on any atom is -0.386 e. The molecule has 4 aromatic rings. The van der Waals surface area contributed by atoms with E-state index < -0.39 is 6.10 Å². The van der Waals surface area contributed by atoms with Crippen molar-refractivity contribution in [3.8, 4) is 11.4 Å². The Hall–Kier alpha value is -2.67. The fourth-order valence-electron chi connectivity index (χ4n) is 2.78. The topological polar surface area (TPSA) is 75.3 Å². The van der Waals surface area contributed by atoms with Crippen LogP contribution >= 0.6 is 23.2 Å². The van der Waals surface area contributed by atoms with Gasteiger partial charge in [0, 0.05) is 27.7 Å². The molecule has 0 saturated heterocycles. The lowest BCUT2D eigenvalue weighted by molar-refractivity contribution is 0.191. The summed E-state index contributed by atoms with van der Waals surface area (Å²) in [5.41, 5.74) is 2.04. The first-order valence-corrected chi connectivity index (χ1v) is 9.03. The molecule has 2 aromatic heterocycles. The third-order valence-corrected chi connectivity index (χ3v) is 4.76. The van der Waals surface area contributed by atoms with Gasteiger partial charge in [0.15, 0.2) is 11.5 Å². The van der Waals surface area contributed by atoms with Crippen LogP contribution in [0.4, 0.5) is 5.82 Å². The second-order valence-electron chi connectivity index (χ2n) is 5.91. The first-order chi connectivity index (χ1) is 13.1. The zero-order valence-corrected chi connectivity index (χ0v) is 15.6. The number of aliphatic hydroxyl groups excluding tert-OH is 1. The molecule has 0 aliphatic rings. The van der Waals surface area contributed by atoms with Gasteiger partial charge in [-0.05, 0) is 24.3 Å². The van der Waals surface area contributed by atoms with Crippen molar-refractivity contribution >= 4 is 34.7 Å². The molecule has 0 amide bonds. The van der Waals surface area contributed by atoms with E-state index in [1.54, 1.807) is 28.8 Å². The Kier molecular flexibility index (Phi) is 4.94. The van der Waals surface area contributed by atoms with Gasteiger partial charge in [-0.25, -0.2) is 0 Å². The molecule has 136 valence electrons. The van der Waals surface area contributed by atoms with Crippen LogP contribution in [-0.4, -0.2) is 31.5 Å². The molecule has 2 aromatic carbocycles. The van der Waals surface area contributed by atoms with Gasteiger partial charge in [0.1, 0.15) is 5.82 Å². The van der Waals surface area contributed by atoms with E-state index in [2.05, 4.69) is 20.6 Å². The third-order valence-electron chi connectivity index (χ3n) is 4.10. The molecule has 0 bridgehead atoms. The number of rotatable bonds is 5. The summed E-state index contributed by atoms with van der Waals surface area (Å²) in [7, 11) is 0. The number of aliphatic hydroxyl groups is 1. The fraction of sp³-hybridized carbons (Fsp3) is 0.105. The van der Waals surface area contributed by atoms with Gasteiger partial charge in [-0.1, -0.05) is 59.6 Å². The van der Waals surface area contributed by atoms with Crippen LogP contribution in [0.2, 0.25) is 10.0 Å². The van der Waals surface area contributed by atoms with Crippen molar-refractivity contribution in [2.75, 3.05) is 11.9 Å². The van der Waals surface area contributed by atoms with Crippen molar-refractivity contribution in [2.45, 2.75) is 6.10 Å². The van der Waals surface area contributed by atoms with Gasteiger partial charge in [-0.15, -0.1) is 15.3 Å². The molecular formula is C19H15Cl2N5O. The van der Waals surface area contributed by atoms with Gasteiger partial charge in [0.05, 0.1) is 6.10 Å². The fourth-order valence-corrected chi connectivity index (χ4v) is 3.43. The number of anilines is 1. The maximum atomic E-state index is 10.5. The Morgan fingerprint density at radius 2 is 1.67 bits per heavy atom. The molecule has 8 heteroatoms. The van der Waals surface area contributed by atoms with E-state index >= 15 is 0 Å². The van der Waals surface area contributed by atoms with Crippen LogP contribution < -0.4 is 5.32 Å². The van der Waals surface area contributed by atoms with Gasteiger partial charge in [-0.3, -0.25) is 0 Å². The van der Waals surface area contributed by atoms with Crippen LogP contribution in [0.3, 0.4) is 0 Å². The van der Waals surface area contributed by atoms with Gasteiger partial charge >= 0.3 is 0 Å².